The number of hydrogen-bond acceptors (Lipinski definition) is 4. The fourth-order valence-electron chi connectivity index (χ4n) is 1.66. The van der Waals surface area contributed by atoms with E-state index in [9.17, 15) is 4.79 Å². The van der Waals surface area contributed by atoms with Crippen LogP contribution in [0.1, 0.15) is 22.8 Å². The molecule has 3 nitrogen and oxygen atoms in total. The standard InChI is InChI=1S/C15H15NO2S/c1-11(17)12-5-7-14(8-6-12)19-10-13-4-3-9-16-15(13)18-2/h3-9H,10H2,1-2H3. The van der Waals surface area contributed by atoms with Crippen LogP contribution in [-0.4, -0.2) is 17.9 Å². The monoisotopic (exact) mass is 273 g/mol. The quantitative estimate of drug-likeness (QED) is 0.616. The first-order chi connectivity index (χ1) is 9.20. The lowest BCUT2D eigenvalue weighted by Gasteiger charge is -2.06. The number of methoxy groups -OCH3 is 1. The molecule has 0 aliphatic heterocycles. The number of carbonyl (C=O) groups excluding carboxylic acids is 1. The van der Waals surface area contributed by atoms with E-state index in [4.69, 9.17) is 4.74 Å². The van der Waals surface area contributed by atoms with Crippen LogP contribution in [0.15, 0.2) is 47.5 Å². The summed E-state index contributed by atoms with van der Waals surface area (Å²) >= 11 is 1.69. The lowest BCUT2D eigenvalue weighted by atomic mass is 10.2. The zero-order chi connectivity index (χ0) is 13.7. The third kappa shape index (κ3) is 3.58. The number of ketones is 1. The van der Waals surface area contributed by atoms with Crippen LogP contribution in [0.3, 0.4) is 0 Å². The van der Waals surface area contributed by atoms with E-state index in [1.165, 1.54) is 0 Å². The van der Waals surface area contributed by atoms with Gasteiger partial charge in [-0.15, -0.1) is 11.8 Å². The third-order valence-corrected chi connectivity index (χ3v) is 3.76. The molecule has 0 aliphatic carbocycles. The predicted molar refractivity (Wildman–Crippen MR) is 76.8 cm³/mol. The molecule has 0 saturated heterocycles. The number of hydrogen-bond donors (Lipinski definition) is 0. The molecule has 0 saturated carbocycles. The van der Waals surface area contributed by atoms with Gasteiger partial charge in [0.05, 0.1) is 7.11 Å². The van der Waals surface area contributed by atoms with Crippen molar-refractivity contribution in [2.45, 2.75) is 17.6 Å². The molecule has 0 amide bonds. The summed E-state index contributed by atoms with van der Waals surface area (Å²) in [5.41, 5.74) is 1.80. The van der Waals surface area contributed by atoms with Gasteiger partial charge in [-0.3, -0.25) is 4.79 Å². The second-order valence-corrected chi connectivity index (χ2v) is 5.09. The zero-order valence-corrected chi connectivity index (χ0v) is 11.7. The van der Waals surface area contributed by atoms with Gasteiger partial charge in [-0.2, -0.15) is 0 Å². The van der Waals surface area contributed by atoms with Crippen molar-refractivity contribution in [1.29, 1.82) is 0 Å². The number of nitrogens with zero attached hydrogens (tertiary/aromatic N) is 1. The van der Waals surface area contributed by atoms with Gasteiger partial charge in [0.25, 0.3) is 0 Å². The molecule has 2 rings (SSSR count). The SMILES string of the molecule is COc1ncccc1CSc1ccc(C(C)=O)cc1. The number of ether oxygens (including phenoxy) is 1. The normalized spacial score (nSPS) is 10.2. The Morgan fingerprint density at radius 1 is 1.26 bits per heavy atom. The molecule has 1 aromatic carbocycles. The summed E-state index contributed by atoms with van der Waals surface area (Å²) < 4.78 is 5.22. The highest BCUT2D eigenvalue weighted by atomic mass is 32.2. The van der Waals surface area contributed by atoms with E-state index in [-0.39, 0.29) is 5.78 Å². The molecule has 4 heteroatoms. The van der Waals surface area contributed by atoms with Crippen LogP contribution in [0.4, 0.5) is 0 Å². The van der Waals surface area contributed by atoms with Crippen molar-refractivity contribution in [3.8, 4) is 5.88 Å². The Morgan fingerprint density at radius 3 is 2.63 bits per heavy atom. The van der Waals surface area contributed by atoms with E-state index in [2.05, 4.69) is 4.98 Å². The molecule has 0 fully saturated rings. The molecule has 0 aliphatic rings. The number of benzene rings is 1. The van der Waals surface area contributed by atoms with Crippen LogP contribution in [0.2, 0.25) is 0 Å². The minimum atomic E-state index is 0.0884. The van der Waals surface area contributed by atoms with Gasteiger partial charge >= 0.3 is 0 Å². The minimum absolute atomic E-state index is 0.0884. The Labute approximate surface area is 117 Å². The van der Waals surface area contributed by atoms with E-state index >= 15 is 0 Å². The van der Waals surface area contributed by atoms with Gasteiger partial charge in [0.15, 0.2) is 5.78 Å². The number of pyridine rings is 1. The summed E-state index contributed by atoms with van der Waals surface area (Å²) in [6.45, 7) is 1.57. The smallest absolute Gasteiger partial charge is 0.217 e. The van der Waals surface area contributed by atoms with E-state index in [1.807, 2.05) is 36.4 Å². The maximum Gasteiger partial charge on any atom is 0.217 e. The topological polar surface area (TPSA) is 39.2 Å². The second-order valence-electron chi connectivity index (χ2n) is 4.04. The molecule has 0 bridgehead atoms. The van der Waals surface area contributed by atoms with Gasteiger partial charge in [-0.25, -0.2) is 4.98 Å². The lowest BCUT2D eigenvalue weighted by Crippen LogP contribution is -1.93. The molecule has 0 radical (unpaired) electrons. The zero-order valence-electron chi connectivity index (χ0n) is 10.9. The van der Waals surface area contributed by atoms with Gasteiger partial charge < -0.3 is 4.74 Å². The first kappa shape index (κ1) is 13.6. The molecule has 0 unspecified atom stereocenters. The number of rotatable bonds is 5. The number of Topliss-reactive ketones (excluding diaryl/α,β-unsaturated/α-hetero) is 1. The van der Waals surface area contributed by atoms with E-state index in [0.29, 0.717) is 5.88 Å². The lowest BCUT2D eigenvalue weighted by molar-refractivity contribution is 0.101. The summed E-state index contributed by atoms with van der Waals surface area (Å²) in [5.74, 6) is 1.54. The van der Waals surface area contributed by atoms with Crippen molar-refractivity contribution in [3.05, 3.63) is 53.7 Å². The maximum atomic E-state index is 11.2. The average molecular weight is 273 g/mol. The molecule has 98 valence electrons. The fourth-order valence-corrected chi connectivity index (χ4v) is 2.54. The van der Waals surface area contributed by atoms with Crippen LogP contribution >= 0.6 is 11.8 Å². The van der Waals surface area contributed by atoms with Gasteiger partial charge in [0.2, 0.25) is 5.88 Å². The number of aromatic nitrogens is 1. The molecule has 2 aromatic rings. The summed E-state index contributed by atoms with van der Waals surface area (Å²) in [6.07, 6.45) is 1.72. The van der Waals surface area contributed by atoms with Crippen molar-refractivity contribution in [1.82, 2.24) is 4.98 Å². The Hall–Kier alpha value is -1.81. The summed E-state index contributed by atoms with van der Waals surface area (Å²) in [5, 5.41) is 0. The van der Waals surface area contributed by atoms with Gasteiger partial charge in [0.1, 0.15) is 0 Å². The Balaban J connectivity index is 2.04. The first-order valence-electron chi connectivity index (χ1n) is 5.92. The number of carbonyl (C=O) groups is 1. The second kappa shape index (κ2) is 6.38. The summed E-state index contributed by atoms with van der Waals surface area (Å²) in [4.78, 5) is 16.5. The third-order valence-electron chi connectivity index (χ3n) is 2.70. The predicted octanol–water partition coefficient (Wildman–Crippen LogP) is 3.59. The Bertz CT molecular complexity index is 567. The molecule has 0 atom stereocenters. The van der Waals surface area contributed by atoms with Crippen LogP contribution in [-0.2, 0) is 5.75 Å². The molecule has 1 aromatic heterocycles. The Kier molecular flexibility index (Phi) is 4.58. The molecule has 1 heterocycles. The van der Waals surface area contributed by atoms with Gasteiger partial charge in [-0.1, -0.05) is 18.2 Å². The summed E-state index contributed by atoms with van der Waals surface area (Å²) in [6, 6.07) is 11.5. The largest absolute Gasteiger partial charge is 0.481 e. The van der Waals surface area contributed by atoms with Gasteiger partial charge in [0, 0.05) is 28.0 Å². The van der Waals surface area contributed by atoms with E-state index in [1.54, 1.807) is 32.0 Å². The van der Waals surface area contributed by atoms with Crippen molar-refractivity contribution in [2.24, 2.45) is 0 Å². The minimum Gasteiger partial charge on any atom is -0.481 e. The van der Waals surface area contributed by atoms with E-state index in [0.717, 1.165) is 21.8 Å². The van der Waals surface area contributed by atoms with Crippen LogP contribution in [0, 0.1) is 0 Å². The average Bonchev–Trinajstić information content (AvgIpc) is 2.45. The van der Waals surface area contributed by atoms with Crippen LogP contribution in [0.5, 0.6) is 5.88 Å². The molecule has 0 spiro atoms. The molecule has 19 heavy (non-hydrogen) atoms. The van der Waals surface area contributed by atoms with Crippen molar-refractivity contribution in [2.75, 3.05) is 7.11 Å². The first-order valence-corrected chi connectivity index (χ1v) is 6.91. The van der Waals surface area contributed by atoms with Gasteiger partial charge in [-0.05, 0) is 25.1 Å². The fraction of sp³-hybridized carbons (Fsp3) is 0.200. The Morgan fingerprint density at radius 2 is 2.00 bits per heavy atom. The maximum absolute atomic E-state index is 11.2. The van der Waals surface area contributed by atoms with E-state index < -0.39 is 0 Å². The van der Waals surface area contributed by atoms with Crippen molar-refractivity contribution < 1.29 is 9.53 Å². The molecular formula is C15H15NO2S. The molecular weight excluding hydrogens is 258 g/mol. The van der Waals surface area contributed by atoms with Crippen molar-refractivity contribution >= 4 is 17.5 Å². The highest BCUT2D eigenvalue weighted by Crippen LogP contribution is 2.26. The number of thioether (sulfide) groups is 1. The van der Waals surface area contributed by atoms with Crippen molar-refractivity contribution in [3.63, 3.8) is 0 Å². The highest BCUT2D eigenvalue weighted by molar-refractivity contribution is 7.98. The molecule has 0 N–H and O–H groups in total. The highest BCUT2D eigenvalue weighted by Gasteiger charge is 2.04. The van der Waals surface area contributed by atoms with Crippen LogP contribution < -0.4 is 4.74 Å². The van der Waals surface area contributed by atoms with Crippen LogP contribution in [0.25, 0.3) is 0 Å². The summed E-state index contributed by atoms with van der Waals surface area (Å²) in [7, 11) is 1.62.